The normalized spacial score (nSPS) is 19.1. The monoisotopic (exact) mass is 211 g/mol. The molecule has 2 rings (SSSR count). The minimum Gasteiger partial charge on any atom is -0.465 e. The van der Waals surface area contributed by atoms with Crippen molar-refractivity contribution >= 4 is 17.7 Å². The zero-order valence-corrected chi connectivity index (χ0v) is 8.21. The Bertz CT molecular complexity index is 378. The first-order valence-corrected chi connectivity index (χ1v) is 4.79. The molecule has 1 aliphatic carbocycles. The molecule has 0 saturated heterocycles. The van der Waals surface area contributed by atoms with Gasteiger partial charge in [-0.3, -0.25) is 0 Å². The van der Waals surface area contributed by atoms with Gasteiger partial charge in [-0.2, -0.15) is 0 Å². The first-order valence-electron chi connectivity index (χ1n) is 4.42. The molecular formula is C10H10ClNO2. The molecule has 3 nitrogen and oxygen atoms in total. The van der Waals surface area contributed by atoms with Crippen LogP contribution in [0.3, 0.4) is 0 Å². The maximum atomic E-state index is 10.4. The van der Waals surface area contributed by atoms with Gasteiger partial charge in [-0.1, -0.05) is 17.7 Å². The zero-order chi connectivity index (χ0) is 10.1. The number of amides is 1. The topological polar surface area (TPSA) is 49.3 Å². The summed E-state index contributed by atoms with van der Waals surface area (Å²) in [5.74, 6) is 0. The van der Waals surface area contributed by atoms with Gasteiger partial charge in [0, 0.05) is 11.1 Å². The second-order valence-corrected chi connectivity index (χ2v) is 3.90. The van der Waals surface area contributed by atoms with E-state index in [1.165, 1.54) is 5.56 Å². The first kappa shape index (κ1) is 9.34. The number of carbonyl (C=O) groups is 1. The van der Waals surface area contributed by atoms with Gasteiger partial charge in [-0.05, 0) is 36.1 Å². The molecule has 1 aromatic rings. The maximum absolute atomic E-state index is 10.4. The largest absolute Gasteiger partial charge is 0.465 e. The molecule has 0 bridgehead atoms. The number of carboxylic acid groups (broad SMARTS) is 1. The summed E-state index contributed by atoms with van der Waals surface area (Å²) in [5.41, 5.74) is 2.34. The second kappa shape index (κ2) is 3.50. The zero-order valence-electron chi connectivity index (χ0n) is 7.46. The third kappa shape index (κ3) is 1.82. The highest BCUT2D eigenvalue weighted by molar-refractivity contribution is 6.30. The Kier molecular flexibility index (Phi) is 2.33. The molecule has 4 heteroatoms. The van der Waals surface area contributed by atoms with Crippen molar-refractivity contribution in [3.8, 4) is 0 Å². The molecule has 0 radical (unpaired) electrons. The standard InChI is InChI=1S/C10H10ClNO2/c11-8-2-1-6-4-9(12-10(13)14)5-7(6)3-8/h1-3,9,12H,4-5H2,(H,13,14)/t9-/m0/s1. The van der Waals surface area contributed by atoms with Gasteiger partial charge in [0.25, 0.3) is 0 Å². The molecule has 1 atom stereocenters. The fraction of sp³-hybridized carbons (Fsp3) is 0.300. The SMILES string of the molecule is O=C(O)N[C@H]1Cc2ccc(Cl)cc2C1. The van der Waals surface area contributed by atoms with Gasteiger partial charge in [-0.25, -0.2) is 4.79 Å². The maximum Gasteiger partial charge on any atom is 0.404 e. The highest BCUT2D eigenvalue weighted by Crippen LogP contribution is 2.25. The van der Waals surface area contributed by atoms with E-state index < -0.39 is 6.09 Å². The average molecular weight is 212 g/mol. The van der Waals surface area contributed by atoms with Gasteiger partial charge in [-0.15, -0.1) is 0 Å². The van der Waals surface area contributed by atoms with E-state index in [1.54, 1.807) is 0 Å². The fourth-order valence-electron chi connectivity index (χ4n) is 1.86. The van der Waals surface area contributed by atoms with Gasteiger partial charge in [0.05, 0.1) is 0 Å². The van der Waals surface area contributed by atoms with Crippen LogP contribution in [0.1, 0.15) is 11.1 Å². The van der Waals surface area contributed by atoms with Crippen LogP contribution >= 0.6 is 11.6 Å². The van der Waals surface area contributed by atoms with E-state index in [9.17, 15) is 4.79 Å². The van der Waals surface area contributed by atoms with Crippen molar-refractivity contribution in [1.29, 1.82) is 0 Å². The molecule has 0 aliphatic heterocycles. The van der Waals surface area contributed by atoms with Gasteiger partial charge >= 0.3 is 6.09 Å². The highest BCUT2D eigenvalue weighted by atomic mass is 35.5. The van der Waals surface area contributed by atoms with Crippen molar-refractivity contribution in [2.24, 2.45) is 0 Å². The number of hydrogen-bond acceptors (Lipinski definition) is 1. The lowest BCUT2D eigenvalue weighted by Crippen LogP contribution is -2.33. The van der Waals surface area contributed by atoms with Crippen LogP contribution in [0.15, 0.2) is 18.2 Å². The fourth-order valence-corrected chi connectivity index (χ4v) is 2.06. The minimum absolute atomic E-state index is 0.000895. The Balaban J connectivity index is 2.14. The van der Waals surface area contributed by atoms with Crippen LogP contribution in [0, 0.1) is 0 Å². The summed E-state index contributed by atoms with van der Waals surface area (Å²) in [6, 6.07) is 5.70. The summed E-state index contributed by atoms with van der Waals surface area (Å²) in [6.07, 6.45) is 0.537. The van der Waals surface area contributed by atoms with E-state index in [-0.39, 0.29) is 6.04 Å². The molecule has 0 aromatic heterocycles. The number of fused-ring (bicyclic) bond motifs is 1. The molecule has 0 fully saturated rings. The first-order chi connectivity index (χ1) is 6.65. The third-order valence-corrected chi connectivity index (χ3v) is 2.66. The molecule has 1 aliphatic rings. The number of hydrogen-bond donors (Lipinski definition) is 2. The predicted molar refractivity (Wildman–Crippen MR) is 53.8 cm³/mol. The highest BCUT2D eigenvalue weighted by Gasteiger charge is 2.22. The molecule has 1 aromatic carbocycles. The van der Waals surface area contributed by atoms with E-state index in [4.69, 9.17) is 16.7 Å². The lowest BCUT2D eigenvalue weighted by Gasteiger charge is -2.07. The van der Waals surface area contributed by atoms with Crippen LogP contribution in [0.2, 0.25) is 5.02 Å². The Labute approximate surface area is 86.7 Å². The number of benzene rings is 1. The molecule has 0 unspecified atom stereocenters. The van der Waals surface area contributed by atoms with Crippen molar-refractivity contribution in [2.45, 2.75) is 18.9 Å². The second-order valence-electron chi connectivity index (χ2n) is 3.47. The van der Waals surface area contributed by atoms with Gasteiger partial charge in [0.1, 0.15) is 0 Å². The van der Waals surface area contributed by atoms with Crippen molar-refractivity contribution in [1.82, 2.24) is 5.32 Å². The van der Waals surface area contributed by atoms with E-state index in [2.05, 4.69) is 5.32 Å². The van der Waals surface area contributed by atoms with Gasteiger partial charge in [0.15, 0.2) is 0 Å². The smallest absolute Gasteiger partial charge is 0.404 e. The van der Waals surface area contributed by atoms with Crippen molar-refractivity contribution in [3.05, 3.63) is 34.3 Å². The Morgan fingerprint density at radius 2 is 2.14 bits per heavy atom. The summed E-state index contributed by atoms with van der Waals surface area (Å²) in [7, 11) is 0. The number of nitrogens with one attached hydrogen (secondary N) is 1. The quantitative estimate of drug-likeness (QED) is 0.747. The summed E-state index contributed by atoms with van der Waals surface area (Å²) in [6.45, 7) is 0. The van der Waals surface area contributed by atoms with E-state index in [1.807, 2.05) is 18.2 Å². The van der Waals surface area contributed by atoms with Gasteiger partial charge < -0.3 is 10.4 Å². The van der Waals surface area contributed by atoms with E-state index in [0.717, 1.165) is 18.4 Å². The third-order valence-electron chi connectivity index (χ3n) is 2.43. The van der Waals surface area contributed by atoms with Crippen LogP contribution in [0.4, 0.5) is 4.79 Å². The Morgan fingerprint density at radius 1 is 1.43 bits per heavy atom. The number of rotatable bonds is 1. The number of halogens is 1. The van der Waals surface area contributed by atoms with Crippen molar-refractivity contribution < 1.29 is 9.90 Å². The van der Waals surface area contributed by atoms with Crippen LogP contribution in [-0.4, -0.2) is 17.2 Å². The molecule has 0 spiro atoms. The summed E-state index contributed by atoms with van der Waals surface area (Å²) in [4.78, 5) is 10.4. The summed E-state index contributed by atoms with van der Waals surface area (Å²) in [5, 5.41) is 11.8. The van der Waals surface area contributed by atoms with Crippen LogP contribution in [0.5, 0.6) is 0 Å². The predicted octanol–water partition coefficient (Wildman–Crippen LogP) is 2.07. The van der Waals surface area contributed by atoms with Crippen molar-refractivity contribution in [3.63, 3.8) is 0 Å². The summed E-state index contributed by atoms with van der Waals surface area (Å²) < 4.78 is 0. The minimum atomic E-state index is -0.964. The lowest BCUT2D eigenvalue weighted by molar-refractivity contribution is 0.190. The molecule has 1 amide bonds. The Hall–Kier alpha value is -1.22. The van der Waals surface area contributed by atoms with E-state index in [0.29, 0.717) is 5.02 Å². The molecule has 0 saturated carbocycles. The van der Waals surface area contributed by atoms with Gasteiger partial charge in [0.2, 0.25) is 0 Å². The molecule has 0 heterocycles. The average Bonchev–Trinajstić information content (AvgIpc) is 2.44. The Morgan fingerprint density at radius 3 is 2.86 bits per heavy atom. The van der Waals surface area contributed by atoms with Crippen LogP contribution in [-0.2, 0) is 12.8 Å². The molecule has 14 heavy (non-hydrogen) atoms. The molecule has 74 valence electrons. The summed E-state index contributed by atoms with van der Waals surface area (Å²) >= 11 is 5.84. The van der Waals surface area contributed by atoms with E-state index >= 15 is 0 Å². The van der Waals surface area contributed by atoms with Crippen LogP contribution in [0.25, 0.3) is 0 Å². The van der Waals surface area contributed by atoms with Crippen molar-refractivity contribution in [2.75, 3.05) is 0 Å². The molecule has 2 N–H and O–H groups in total. The van der Waals surface area contributed by atoms with Crippen LogP contribution < -0.4 is 5.32 Å². The molecular weight excluding hydrogens is 202 g/mol. The lowest BCUT2D eigenvalue weighted by atomic mass is 10.1.